The molecule has 3 rings (SSSR count). The summed E-state index contributed by atoms with van der Waals surface area (Å²) < 4.78 is 3.74. The van der Waals surface area contributed by atoms with Gasteiger partial charge >= 0.3 is 0 Å². The largest absolute Gasteiger partial charge is 0.329 e. The summed E-state index contributed by atoms with van der Waals surface area (Å²) >= 11 is 0. The number of aromatic nitrogens is 3. The maximum atomic E-state index is 12.8. The van der Waals surface area contributed by atoms with E-state index in [1.807, 2.05) is 40.4 Å². The molecular formula is C17H21N3O. The van der Waals surface area contributed by atoms with Crippen LogP contribution < -0.4 is 5.56 Å². The minimum absolute atomic E-state index is 0.0696. The number of imidazole rings is 1. The van der Waals surface area contributed by atoms with Crippen LogP contribution in [0.15, 0.2) is 35.4 Å². The number of para-hydroxylation sites is 1. The maximum absolute atomic E-state index is 12.8. The molecule has 0 aliphatic rings. The summed E-state index contributed by atoms with van der Waals surface area (Å²) in [4.78, 5) is 17.2. The van der Waals surface area contributed by atoms with E-state index in [-0.39, 0.29) is 5.56 Å². The van der Waals surface area contributed by atoms with E-state index in [0.29, 0.717) is 5.52 Å². The van der Waals surface area contributed by atoms with Crippen molar-refractivity contribution in [3.8, 4) is 0 Å². The second-order valence-corrected chi connectivity index (χ2v) is 5.59. The zero-order chi connectivity index (χ0) is 14.8. The number of unbranched alkanes of at least 4 members (excludes halogenated alkanes) is 3. The fraction of sp³-hybridized carbons (Fsp3) is 0.412. The molecule has 0 bridgehead atoms. The molecule has 21 heavy (non-hydrogen) atoms. The smallest absolute Gasteiger partial charge is 0.277 e. The Labute approximate surface area is 124 Å². The second kappa shape index (κ2) is 5.72. The van der Waals surface area contributed by atoms with Crippen LogP contribution >= 0.6 is 0 Å². The number of hydrogen-bond donors (Lipinski definition) is 0. The van der Waals surface area contributed by atoms with Crippen LogP contribution in [0.2, 0.25) is 0 Å². The maximum Gasteiger partial charge on any atom is 0.277 e. The molecule has 0 aliphatic heterocycles. The van der Waals surface area contributed by atoms with E-state index in [0.717, 1.165) is 29.4 Å². The highest BCUT2D eigenvalue weighted by Crippen LogP contribution is 2.21. The van der Waals surface area contributed by atoms with Gasteiger partial charge in [0.05, 0.1) is 11.8 Å². The van der Waals surface area contributed by atoms with Crippen molar-refractivity contribution >= 4 is 21.9 Å². The topological polar surface area (TPSA) is 39.8 Å². The second-order valence-electron chi connectivity index (χ2n) is 5.59. The molecule has 0 atom stereocenters. The summed E-state index contributed by atoms with van der Waals surface area (Å²) in [5, 5.41) is 1.06. The summed E-state index contributed by atoms with van der Waals surface area (Å²) in [7, 11) is 1.88. The van der Waals surface area contributed by atoms with E-state index >= 15 is 0 Å². The lowest BCUT2D eigenvalue weighted by Crippen LogP contribution is -2.22. The molecule has 0 saturated heterocycles. The quantitative estimate of drug-likeness (QED) is 0.673. The van der Waals surface area contributed by atoms with E-state index in [9.17, 15) is 4.79 Å². The van der Waals surface area contributed by atoms with Crippen molar-refractivity contribution < 1.29 is 0 Å². The van der Waals surface area contributed by atoms with Crippen molar-refractivity contribution in [2.24, 2.45) is 7.05 Å². The Bertz CT molecular complexity index is 829. The van der Waals surface area contributed by atoms with Gasteiger partial charge in [0.2, 0.25) is 0 Å². The molecule has 3 aromatic rings. The van der Waals surface area contributed by atoms with Crippen LogP contribution in [0, 0.1) is 0 Å². The molecular weight excluding hydrogens is 262 g/mol. The Balaban J connectivity index is 2.17. The van der Waals surface area contributed by atoms with Gasteiger partial charge in [0.25, 0.3) is 5.56 Å². The zero-order valence-corrected chi connectivity index (χ0v) is 12.7. The third kappa shape index (κ3) is 2.35. The highest BCUT2D eigenvalue weighted by atomic mass is 16.1. The molecule has 0 saturated carbocycles. The minimum atomic E-state index is 0.0696. The number of pyridine rings is 1. The van der Waals surface area contributed by atoms with Crippen molar-refractivity contribution in [1.82, 2.24) is 14.1 Å². The van der Waals surface area contributed by atoms with Crippen LogP contribution in [0.5, 0.6) is 0 Å². The lowest BCUT2D eigenvalue weighted by Gasteiger charge is -2.11. The van der Waals surface area contributed by atoms with Crippen LogP contribution in [0.25, 0.3) is 21.9 Å². The average molecular weight is 283 g/mol. The first-order valence-electron chi connectivity index (χ1n) is 7.66. The summed E-state index contributed by atoms with van der Waals surface area (Å²) in [6.07, 6.45) is 6.36. The van der Waals surface area contributed by atoms with Crippen LogP contribution in [-0.4, -0.2) is 14.1 Å². The van der Waals surface area contributed by atoms with Gasteiger partial charge in [0.1, 0.15) is 11.0 Å². The van der Waals surface area contributed by atoms with Gasteiger partial charge in [-0.2, -0.15) is 0 Å². The third-order valence-corrected chi connectivity index (χ3v) is 4.07. The standard InChI is InChI=1S/C17H21N3O/c1-3-4-5-8-11-20-14-10-7-6-9-13(14)15-16(17(20)21)19(2)12-18-15/h6-7,9-10,12H,3-5,8,11H2,1-2H3. The van der Waals surface area contributed by atoms with Gasteiger partial charge in [-0.15, -0.1) is 0 Å². The first-order valence-corrected chi connectivity index (χ1v) is 7.66. The molecule has 0 spiro atoms. The molecule has 0 amide bonds. The molecule has 2 aromatic heterocycles. The van der Waals surface area contributed by atoms with Crippen molar-refractivity contribution in [3.05, 3.63) is 40.9 Å². The van der Waals surface area contributed by atoms with E-state index in [4.69, 9.17) is 0 Å². The summed E-state index contributed by atoms with van der Waals surface area (Å²) in [5.74, 6) is 0. The Morgan fingerprint density at radius 2 is 1.95 bits per heavy atom. The van der Waals surface area contributed by atoms with E-state index in [1.54, 1.807) is 6.33 Å². The van der Waals surface area contributed by atoms with E-state index in [2.05, 4.69) is 11.9 Å². The zero-order valence-electron chi connectivity index (χ0n) is 12.7. The summed E-state index contributed by atoms with van der Waals surface area (Å²) in [6, 6.07) is 8.05. The summed E-state index contributed by atoms with van der Waals surface area (Å²) in [6.45, 7) is 2.98. The number of fused-ring (bicyclic) bond motifs is 3. The molecule has 0 aliphatic carbocycles. The van der Waals surface area contributed by atoms with Gasteiger partial charge in [-0.05, 0) is 12.5 Å². The predicted octanol–water partition coefficient (Wildman–Crippen LogP) is 3.47. The molecule has 0 N–H and O–H groups in total. The van der Waals surface area contributed by atoms with E-state index < -0.39 is 0 Å². The molecule has 0 fully saturated rings. The Morgan fingerprint density at radius 3 is 2.76 bits per heavy atom. The average Bonchev–Trinajstić information content (AvgIpc) is 2.89. The lowest BCUT2D eigenvalue weighted by atomic mass is 10.1. The Kier molecular flexibility index (Phi) is 3.78. The first kappa shape index (κ1) is 13.9. The number of hydrogen-bond acceptors (Lipinski definition) is 2. The molecule has 4 nitrogen and oxygen atoms in total. The number of benzene rings is 1. The summed E-state index contributed by atoms with van der Waals surface area (Å²) in [5.41, 5.74) is 2.57. The Morgan fingerprint density at radius 1 is 1.14 bits per heavy atom. The molecule has 1 aromatic carbocycles. The van der Waals surface area contributed by atoms with Gasteiger partial charge in [-0.1, -0.05) is 44.4 Å². The molecule has 110 valence electrons. The van der Waals surface area contributed by atoms with E-state index in [1.165, 1.54) is 19.3 Å². The van der Waals surface area contributed by atoms with Crippen molar-refractivity contribution in [2.75, 3.05) is 0 Å². The van der Waals surface area contributed by atoms with Crippen molar-refractivity contribution in [3.63, 3.8) is 0 Å². The molecule has 0 radical (unpaired) electrons. The fourth-order valence-electron chi connectivity index (χ4n) is 2.94. The molecule has 2 heterocycles. The minimum Gasteiger partial charge on any atom is -0.329 e. The van der Waals surface area contributed by atoms with Gasteiger partial charge in [-0.3, -0.25) is 4.79 Å². The van der Waals surface area contributed by atoms with Crippen LogP contribution in [0.1, 0.15) is 32.6 Å². The monoisotopic (exact) mass is 283 g/mol. The van der Waals surface area contributed by atoms with Crippen LogP contribution in [-0.2, 0) is 13.6 Å². The normalized spacial score (nSPS) is 11.5. The third-order valence-electron chi connectivity index (χ3n) is 4.07. The molecule has 4 heteroatoms. The first-order chi connectivity index (χ1) is 10.2. The highest BCUT2D eigenvalue weighted by molar-refractivity contribution is 6.02. The Hall–Kier alpha value is -2.10. The fourth-order valence-corrected chi connectivity index (χ4v) is 2.94. The lowest BCUT2D eigenvalue weighted by molar-refractivity contribution is 0.584. The van der Waals surface area contributed by atoms with Gasteiger partial charge in [-0.25, -0.2) is 4.98 Å². The number of aryl methyl sites for hydroxylation is 2. The predicted molar refractivity (Wildman–Crippen MR) is 86.6 cm³/mol. The molecule has 0 unspecified atom stereocenters. The van der Waals surface area contributed by atoms with Crippen LogP contribution in [0.3, 0.4) is 0 Å². The van der Waals surface area contributed by atoms with Crippen molar-refractivity contribution in [1.29, 1.82) is 0 Å². The SMILES string of the molecule is CCCCCCn1c(=O)c2c(ncn2C)c2ccccc21. The van der Waals surface area contributed by atoms with Gasteiger partial charge in [0.15, 0.2) is 0 Å². The van der Waals surface area contributed by atoms with Crippen LogP contribution in [0.4, 0.5) is 0 Å². The highest BCUT2D eigenvalue weighted by Gasteiger charge is 2.13. The number of rotatable bonds is 5. The van der Waals surface area contributed by atoms with Gasteiger partial charge < -0.3 is 9.13 Å². The van der Waals surface area contributed by atoms with Crippen molar-refractivity contribution in [2.45, 2.75) is 39.2 Å². The van der Waals surface area contributed by atoms with Gasteiger partial charge in [0, 0.05) is 19.0 Å². The number of nitrogens with zero attached hydrogens (tertiary/aromatic N) is 3.